The third-order valence-corrected chi connectivity index (χ3v) is 4.54. The van der Waals surface area contributed by atoms with Crippen molar-refractivity contribution in [3.8, 4) is 0 Å². The van der Waals surface area contributed by atoms with E-state index in [1.165, 1.54) is 11.3 Å². The number of hydrogen-bond donors (Lipinski definition) is 1. The number of amides is 1. The first-order valence-electron chi connectivity index (χ1n) is 7.25. The first-order valence-corrected chi connectivity index (χ1v) is 8.13. The normalized spacial score (nSPS) is 16.2. The van der Waals surface area contributed by atoms with Crippen LogP contribution in [0.25, 0.3) is 10.2 Å². The summed E-state index contributed by atoms with van der Waals surface area (Å²) in [5, 5.41) is 5.82. The minimum Gasteiger partial charge on any atom is -0.379 e. The van der Waals surface area contributed by atoms with Crippen molar-refractivity contribution in [2.75, 3.05) is 39.4 Å². The van der Waals surface area contributed by atoms with Gasteiger partial charge in [0.05, 0.1) is 18.8 Å². The summed E-state index contributed by atoms with van der Waals surface area (Å²) < 4.78 is 5.32. The van der Waals surface area contributed by atoms with Crippen molar-refractivity contribution in [3.05, 3.63) is 29.3 Å². The highest BCUT2D eigenvalue weighted by atomic mass is 32.1. The van der Waals surface area contributed by atoms with Crippen LogP contribution in [0.5, 0.6) is 0 Å². The van der Waals surface area contributed by atoms with Gasteiger partial charge in [-0.25, -0.2) is 4.98 Å². The maximum absolute atomic E-state index is 12.2. The first-order chi connectivity index (χ1) is 10.3. The van der Waals surface area contributed by atoms with Crippen LogP contribution in [0.4, 0.5) is 0 Å². The smallest absolute Gasteiger partial charge is 0.252 e. The van der Waals surface area contributed by atoms with Gasteiger partial charge in [-0.3, -0.25) is 9.69 Å². The van der Waals surface area contributed by atoms with Crippen LogP contribution >= 0.6 is 11.3 Å². The van der Waals surface area contributed by atoms with E-state index in [9.17, 15) is 4.79 Å². The fourth-order valence-corrected chi connectivity index (χ4v) is 3.36. The molecule has 2 aromatic heterocycles. The fraction of sp³-hybridized carbons (Fsp3) is 0.467. The molecule has 112 valence electrons. The van der Waals surface area contributed by atoms with Gasteiger partial charge >= 0.3 is 0 Å². The van der Waals surface area contributed by atoms with Crippen LogP contribution < -0.4 is 5.32 Å². The third kappa shape index (κ3) is 3.58. The molecule has 1 saturated heterocycles. The van der Waals surface area contributed by atoms with Gasteiger partial charge in [-0.2, -0.15) is 0 Å². The lowest BCUT2D eigenvalue weighted by Gasteiger charge is -2.26. The average Bonchev–Trinajstić information content (AvgIpc) is 2.96. The maximum atomic E-state index is 12.2. The van der Waals surface area contributed by atoms with Crippen molar-refractivity contribution in [3.63, 3.8) is 0 Å². The Morgan fingerprint density at radius 3 is 3.14 bits per heavy atom. The summed E-state index contributed by atoms with van der Waals surface area (Å²) in [7, 11) is 0. The summed E-state index contributed by atoms with van der Waals surface area (Å²) >= 11 is 1.51. The van der Waals surface area contributed by atoms with Gasteiger partial charge in [-0.05, 0) is 25.1 Å². The molecule has 5 nitrogen and oxygen atoms in total. The molecular formula is C15H19N3O2S. The van der Waals surface area contributed by atoms with Gasteiger partial charge in [0.2, 0.25) is 0 Å². The van der Waals surface area contributed by atoms with Gasteiger partial charge in [-0.15, -0.1) is 11.3 Å². The lowest BCUT2D eigenvalue weighted by molar-refractivity contribution is 0.0374. The fourth-order valence-electron chi connectivity index (χ4n) is 2.47. The van der Waals surface area contributed by atoms with Crippen molar-refractivity contribution in [2.24, 2.45) is 0 Å². The molecule has 1 amide bonds. The number of ether oxygens (including phenoxy) is 1. The van der Waals surface area contributed by atoms with Gasteiger partial charge < -0.3 is 10.1 Å². The lowest BCUT2D eigenvalue weighted by atomic mass is 10.2. The summed E-state index contributed by atoms with van der Waals surface area (Å²) in [6.45, 7) is 5.34. The lowest BCUT2D eigenvalue weighted by Crippen LogP contribution is -2.38. The summed E-state index contributed by atoms with van der Waals surface area (Å²) in [4.78, 5) is 19.8. The maximum Gasteiger partial charge on any atom is 0.252 e. The van der Waals surface area contributed by atoms with Crippen molar-refractivity contribution in [1.82, 2.24) is 15.2 Å². The van der Waals surface area contributed by atoms with E-state index in [1.807, 2.05) is 17.5 Å². The predicted octanol–water partition coefficient (Wildman–Crippen LogP) is 1.75. The molecule has 0 radical (unpaired) electrons. The van der Waals surface area contributed by atoms with E-state index >= 15 is 0 Å². The Morgan fingerprint density at radius 1 is 1.43 bits per heavy atom. The van der Waals surface area contributed by atoms with Crippen LogP contribution in [0.3, 0.4) is 0 Å². The highest BCUT2D eigenvalue weighted by Crippen LogP contribution is 2.23. The Balaban J connectivity index is 1.48. The van der Waals surface area contributed by atoms with Crippen molar-refractivity contribution >= 4 is 27.5 Å². The molecule has 6 heteroatoms. The molecule has 1 aliphatic rings. The number of aromatic nitrogens is 1. The van der Waals surface area contributed by atoms with Crippen molar-refractivity contribution < 1.29 is 9.53 Å². The van der Waals surface area contributed by atoms with E-state index in [4.69, 9.17) is 4.74 Å². The molecule has 0 atom stereocenters. The summed E-state index contributed by atoms with van der Waals surface area (Å²) in [5.74, 6) is -0.00349. The zero-order valence-corrected chi connectivity index (χ0v) is 12.7. The number of rotatable bonds is 5. The molecule has 0 aromatic carbocycles. The molecule has 3 rings (SSSR count). The summed E-state index contributed by atoms with van der Waals surface area (Å²) in [6, 6.07) is 3.81. The van der Waals surface area contributed by atoms with E-state index in [0.717, 1.165) is 55.0 Å². The minimum absolute atomic E-state index is 0.00349. The van der Waals surface area contributed by atoms with Crippen LogP contribution in [0.15, 0.2) is 23.7 Å². The van der Waals surface area contributed by atoms with Gasteiger partial charge in [0.25, 0.3) is 5.91 Å². The molecule has 1 N–H and O–H groups in total. The molecule has 0 saturated carbocycles. The number of fused-ring (bicyclic) bond motifs is 1. The zero-order valence-electron chi connectivity index (χ0n) is 11.9. The van der Waals surface area contributed by atoms with Crippen molar-refractivity contribution in [2.45, 2.75) is 6.42 Å². The number of morpholine rings is 1. The second-order valence-corrected chi connectivity index (χ2v) is 5.93. The first kappa shape index (κ1) is 14.4. The monoisotopic (exact) mass is 305 g/mol. The van der Waals surface area contributed by atoms with E-state index in [0.29, 0.717) is 6.54 Å². The molecule has 21 heavy (non-hydrogen) atoms. The number of carbonyl (C=O) groups excluding carboxylic acids is 1. The number of carbonyl (C=O) groups is 1. The van der Waals surface area contributed by atoms with E-state index in [1.54, 1.807) is 6.20 Å². The number of thiophene rings is 1. The van der Waals surface area contributed by atoms with Crippen LogP contribution in [-0.4, -0.2) is 55.2 Å². The van der Waals surface area contributed by atoms with E-state index < -0.39 is 0 Å². The quantitative estimate of drug-likeness (QED) is 0.855. The Hall–Kier alpha value is -1.50. The Kier molecular flexibility index (Phi) is 4.80. The second kappa shape index (κ2) is 6.98. The summed E-state index contributed by atoms with van der Waals surface area (Å²) in [5.41, 5.74) is 0.731. The van der Waals surface area contributed by atoms with Gasteiger partial charge in [0, 0.05) is 36.6 Å². The van der Waals surface area contributed by atoms with E-state index in [2.05, 4.69) is 15.2 Å². The average molecular weight is 305 g/mol. The van der Waals surface area contributed by atoms with Crippen LogP contribution in [-0.2, 0) is 4.74 Å². The second-order valence-electron chi connectivity index (χ2n) is 5.07. The molecule has 2 aromatic rings. The largest absolute Gasteiger partial charge is 0.379 e. The minimum atomic E-state index is -0.00349. The molecule has 0 bridgehead atoms. The van der Waals surface area contributed by atoms with Crippen LogP contribution in [0.1, 0.15) is 16.8 Å². The van der Waals surface area contributed by atoms with Gasteiger partial charge in [0.1, 0.15) is 4.83 Å². The van der Waals surface area contributed by atoms with Crippen molar-refractivity contribution in [1.29, 1.82) is 0 Å². The van der Waals surface area contributed by atoms with E-state index in [-0.39, 0.29) is 5.91 Å². The molecule has 3 heterocycles. The molecule has 1 fully saturated rings. The standard InChI is InChI=1S/C15H19N3O2S/c19-14(13-11-21-15-12(13)3-1-4-17-15)16-5-2-6-18-7-9-20-10-8-18/h1,3-4,11H,2,5-10H2,(H,16,19). The Bertz CT molecular complexity index is 608. The molecule has 1 aliphatic heterocycles. The highest BCUT2D eigenvalue weighted by molar-refractivity contribution is 7.17. The molecule has 0 unspecified atom stereocenters. The highest BCUT2D eigenvalue weighted by Gasteiger charge is 2.13. The third-order valence-electron chi connectivity index (χ3n) is 3.63. The zero-order chi connectivity index (χ0) is 14.5. The molecule has 0 spiro atoms. The van der Waals surface area contributed by atoms with Gasteiger partial charge in [-0.1, -0.05) is 0 Å². The number of nitrogens with one attached hydrogen (secondary N) is 1. The number of nitrogens with zero attached hydrogens (tertiary/aromatic N) is 2. The number of pyridine rings is 1. The Labute approximate surface area is 127 Å². The number of hydrogen-bond acceptors (Lipinski definition) is 5. The predicted molar refractivity (Wildman–Crippen MR) is 83.8 cm³/mol. The SMILES string of the molecule is O=C(NCCCN1CCOCC1)c1csc2ncccc12. The Morgan fingerprint density at radius 2 is 2.29 bits per heavy atom. The summed E-state index contributed by atoms with van der Waals surface area (Å²) in [6.07, 6.45) is 2.72. The van der Waals surface area contributed by atoms with Crippen LogP contribution in [0.2, 0.25) is 0 Å². The topological polar surface area (TPSA) is 54.5 Å². The molecule has 0 aliphatic carbocycles. The van der Waals surface area contributed by atoms with Crippen LogP contribution in [0, 0.1) is 0 Å². The van der Waals surface area contributed by atoms with Gasteiger partial charge in [0.15, 0.2) is 0 Å². The molecular weight excluding hydrogens is 286 g/mol.